The van der Waals surface area contributed by atoms with Gasteiger partial charge in [0.15, 0.2) is 0 Å². The quantitative estimate of drug-likeness (QED) is 0.891. The first kappa shape index (κ1) is 12.3. The maximum atomic E-state index is 4.26. The molecule has 90 valence electrons. The largest absolute Gasteiger partial charge is 0.305 e. The number of thiazole rings is 1. The van der Waals surface area contributed by atoms with Gasteiger partial charge in [-0.2, -0.15) is 0 Å². The molecule has 1 aromatic carbocycles. The van der Waals surface area contributed by atoms with E-state index in [9.17, 15) is 0 Å². The standard InChI is InChI=1S/C14H18N2S/c1-10-6-4-5-7-14(10)11(2)15-8-13-9-16-12(3)17-13/h4-7,9,11,15H,8H2,1-3H3. The average molecular weight is 246 g/mol. The van der Waals surface area contributed by atoms with E-state index in [4.69, 9.17) is 0 Å². The summed E-state index contributed by atoms with van der Waals surface area (Å²) in [5.41, 5.74) is 2.71. The van der Waals surface area contributed by atoms with E-state index in [1.165, 1.54) is 16.0 Å². The molecule has 0 aliphatic heterocycles. The van der Waals surface area contributed by atoms with Crippen LogP contribution in [0.3, 0.4) is 0 Å². The van der Waals surface area contributed by atoms with Gasteiger partial charge in [-0.25, -0.2) is 4.98 Å². The van der Waals surface area contributed by atoms with Gasteiger partial charge in [0, 0.05) is 23.7 Å². The first-order chi connectivity index (χ1) is 8.16. The molecule has 0 amide bonds. The number of benzene rings is 1. The number of nitrogens with zero attached hydrogens (tertiary/aromatic N) is 1. The van der Waals surface area contributed by atoms with Gasteiger partial charge in [-0.15, -0.1) is 11.3 Å². The fourth-order valence-electron chi connectivity index (χ4n) is 1.92. The smallest absolute Gasteiger partial charge is 0.0897 e. The van der Waals surface area contributed by atoms with Crippen LogP contribution >= 0.6 is 11.3 Å². The summed E-state index contributed by atoms with van der Waals surface area (Å²) in [4.78, 5) is 5.56. The lowest BCUT2D eigenvalue weighted by Gasteiger charge is -2.15. The Labute approximate surface area is 107 Å². The molecular weight excluding hydrogens is 228 g/mol. The van der Waals surface area contributed by atoms with Crippen molar-refractivity contribution >= 4 is 11.3 Å². The van der Waals surface area contributed by atoms with Gasteiger partial charge in [0.25, 0.3) is 0 Å². The third kappa shape index (κ3) is 3.14. The van der Waals surface area contributed by atoms with Gasteiger partial charge in [-0.05, 0) is 31.9 Å². The molecular formula is C14H18N2S. The minimum atomic E-state index is 0.374. The summed E-state index contributed by atoms with van der Waals surface area (Å²) in [5, 5.41) is 4.67. The van der Waals surface area contributed by atoms with Crippen molar-refractivity contribution in [2.24, 2.45) is 0 Å². The minimum absolute atomic E-state index is 0.374. The number of aryl methyl sites for hydroxylation is 2. The number of nitrogens with one attached hydrogen (secondary N) is 1. The number of hydrogen-bond acceptors (Lipinski definition) is 3. The minimum Gasteiger partial charge on any atom is -0.305 e. The topological polar surface area (TPSA) is 24.9 Å². The van der Waals surface area contributed by atoms with Gasteiger partial charge in [0.1, 0.15) is 0 Å². The van der Waals surface area contributed by atoms with E-state index < -0.39 is 0 Å². The van der Waals surface area contributed by atoms with Crippen LogP contribution in [0.2, 0.25) is 0 Å². The van der Waals surface area contributed by atoms with Crippen LogP contribution in [-0.4, -0.2) is 4.98 Å². The molecule has 0 saturated heterocycles. The number of rotatable bonds is 4. The zero-order valence-corrected chi connectivity index (χ0v) is 11.3. The van der Waals surface area contributed by atoms with Crippen molar-refractivity contribution in [3.05, 3.63) is 51.5 Å². The van der Waals surface area contributed by atoms with Gasteiger partial charge < -0.3 is 5.32 Å². The Kier molecular flexibility index (Phi) is 3.92. The summed E-state index contributed by atoms with van der Waals surface area (Å²) >= 11 is 1.76. The SMILES string of the molecule is Cc1ncc(CNC(C)c2ccccc2C)s1. The fraction of sp³-hybridized carbons (Fsp3) is 0.357. The normalized spacial score (nSPS) is 12.6. The summed E-state index contributed by atoms with van der Waals surface area (Å²) in [6, 6.07) is 8.89. The van der Waals surface area contributed by atoms with Crippen LogP contribution in [0.1, 0.15) is 34.0 Å². The van der Waals surface area contributed by atoms with Gasteiger partial charge >= 0.3 is 0 Å². The van der Waals surface area contributed by atoms with Crippen molar-refractivity contribution in [2.75, 3.05) is 0 Å². The maximum absolute atomic E-state index is 4.26. The second-order valence-corrected chi connectivity index (χ2v) is 5.62. The summed E-state index contributed by atoms with van der Waals surface area (Å²) < 4.78 is 0. The summed E-state index contributed by atoms with van der Waals surface area (Å²) in [7, 11) is 0. The molecule has 1 aromatic heterocycles. The lowest BCUT2D eigenvalue weighted by Crippen LogP contribution is -2.18. The molecule has 0 saturated carbocycles. The van der Waals surface area contributed by atoms with Crippen LogP contribution in [0.5, 0.6) is 0 Å². The summed E-state index contributed by atoms with van der Waals surface area (Å²) in [5.74, 6) is 0. The summed E-state index contributed by atoms with van der Waals surface area (Å²) in [6.45, 7) is 7.29. The Balaban J connectivity index is 1.98. The molecule has 0 aliphatic carbocycles. The lowest BCUT2D eigenvalue weighted by molar-refractivity contribution is 0.576. The second kappa shape index (κ2) is 5.43. The molecule has 2 nitrogen and oxygen atoms in total. The molecule has 0 fully saturated rings. The van der Waals surface area contributed by atoms with Crippen molar-refractivity contribution in [3.8, 4) is 0 Å². The van der Waals surface area contributed by atoms with Crippen LogP contribution in [0.4, 0.5) is 0 Å². The predicted molar refractivity (Wildman–Crippen MR) is 73.3 cm³/mol. The van der Waals surface area contributed by atoms with Crippen molar-refractivity contribution < 1.29 is 0 Å². The zero-order valence-electron chi connectivity index (χ0n) is 10.5. The van der Waals surface area contributed by atoms with E-state index in [0.717, 1.165) is 11.6 Å². The average Bonchev–Trinajstić information content (AvgIpc) is 2.73. The molecule has 17 heavy (non-hydrogen) atoms. The Bertz CT molecular complexity index is 490. The van der Waals surface area contributed by atoms with E-state index in [1.54, 1.807) is 11.3 Å². The number of aromatic nitrogens is 1. The van der Waals surface area contributed by atoms with Crippen molar-refractivity contribution in [2.45, 2.75) is 33.4 Å². The molecule has 0 aliphatic rings. The van der Waals surface area contributed by atoms with E-state index >= 15 is 0 Å². The van der Waals surface area contributed by atoms with Crippen molar-refractivity contribution in [3.63, 3.8) is 0 Å². The molecule has 2 rings (SSSR count). The fourth-order valence-corrected chi connectivity index (χ4v) is 2.67. The molecule has 1 heterocycles. The second-order valence-electron chi connectivity index (χ2n) is 4.30. The van der Waals surface area contributed by atoms with E-state index in [-0.39, 0.29) is 0 Å². The van der Waals surface area contributed by atoms with Crippen LogP contribution in [0.15, 0.2) is 30.5 Å². The highest BCUT2D eigenvalue weighted by atomic mass is 32.1. The van der Waals surface area contributed by atoms with E-state index in [2.05, 4.69) is 48.4 Å². The van der Waals surface area contributed by atoms with Gasteiger partial charge in [-0.3, -0.25) is 0 Å². The Morgan fingerprint density at radius 1 is 1.29 bits per heavy atom. The molecule has 0 bridgehead atoms. The van der Waals surface area contributed by atoms with Crippen LogP contribution in [-0.2, 0) is 6.54 Å². The van der Waals surface area contributed by atoms with Gasteiger partial charge in [0.2, 0.25) is 0 Å². The van der Waals surface area contributed by atoms with E-state index in [0.29, 0.717) is 6.04 Å². The molecule has 2 aromatic rings. The zero-order chi connectivity index (χ0) is 12.3. The molecule has 1 atom stereocenters. The molecule has 1 N–H and O–H groups in total. The van der Waals surface area contributed by atoms with Crippen molar-refractivity contribution in [1.29, 1.82) is 0 Å². The highest BCUT2D eigenvalue weighted by Gasteiger charge is 2.07. The first-order valence-corrected chi connectivity index (χ1v) is 6.68. The van der Waals surface area contributed by atoms with Gasteiger partial charge in [-0.1, -0.05) is 24.3 Å². The third-order valence-corrected chi connectivity index (χ3v) is 3.82. The number of hydrogen-bond donors (Lipinski definition) is 1. The third-order valence-electron chi connectivity index (χ3n) is 2.91. The summed E-state index contributed by atoms with van der Waals surface area (Å²) in [6.07, 6.45) is 1.96. The Morgan fingerprint density at radius 3 is 2.71 bits per heavy atom. The van der Waals surface area contributed by atoms with Crippen LogP contribution < -0.4 is 5.32 Å². The molecule has 0 spiro atoms. The lowest BCUT2D eigenvalue weighted by atomic mass is 10.0. The van der Waals surface area contributed by atoms with Gasteiger partial charge in [0.05, 0.1) is 5.01 Å². The molecule has 0 radical (unpaired) electrons. The van der Waals surface area contributed by atoms with Crippen LogP contribution in [0.25, 0.3) is 0 Å². The highest BCUT2D eigenvalue weighted by Crippen LogP contribution is 2.18. The first-order valence-electron chi connectivity index (χ1n) is 5.87. The monoisotopic (exact) mass is 246 g/mol. The Hall–Kier alpha value is -1.19. The molecule has 3 heteroatoms. The van der Waals surface area contributed by atoms with Crippen LogP contribution in [0, 0.1) is 13.8 Å². The van der Waals surface area contributed by atoms with Crippen molar-refractivity contribution in [1.82, 2.24) is 10.3 Å². The molecule has 1 unspecified atom stereocenters. The predicted octanol–water partition coefficient (Wildman–Crippen LogP) is 3.61. The van der Waals surface area contributed by atoms with E-state index in [1.807, 2.05) is 13.1 Å². The maximum Gasteiger partial charge on any atom is 0.0897 e. The highest BCUT2D eigenvalue weighted by molar-refractivity contribution is 7.11. The Morgan fingerprint density at radius 2 is 2.06 bits per heavy atom.